The van der Waals surface area contributed by atoms with Crippen LogP contribution in [0.15, 0.2) is 0 Å². The highest BCUT2D eigenvalue weighted by molar-refractivity contribution is 5.76. The van der Waals surface area contributed by atoms with Crippen molar-refractivity contribution in [3.8, 4) is 0 Å². The zero-order valence-electron chi connectivity index (χ0n) is 9.44. The highest BCUT2D eigenvalue weighted by atomic mass is 19.4. The topological polar surface area (TPSA) is 29.1 Å². The smallest absolute Gasteiger partial charge is 0.353 e. The molecule has 0 bridgehead atoms. The van der Waals surface area contributed by atoms with Gasteiger partial charge in [-0.25, -0.2) is 0 Å². The molecule has 1 fully saturated rings. The molecule has 2 unspecified atom stereocenters. The van der Waals surface area contributed by atoms with Crippen LogP contribution >= 0.6 is 0 Å². The standard InChI is InChI=1S/C11H18F3NO/c1-2-5-10(16)15-9-7-4-3-6-8(9)11(12,13)14/h8-9H,2-7H2,1H3,(H,15,16). The van der Waals surface area contributed by atoms with Gasteiger partial charge in [-0.05, 0) is 19.3 Å². The van der Waals surface area contributed by atoms with Gasteiger partial charge in [0.05, 0.1) is 5.92 Å². The van der Waals surface area contributed by atoms with E-state index in [0.717, 1.165) is 6.42 Å². The third-order valence-electron chi connectivity index (χ3n) is 3.01. The lowest BCUT2D eigenvalue weighted by Gasteiger charge is -2.33. The molecule has 0 heterocycles. The maximum Gasteiger partial charge on any atom is 0.393 e. The first kappa shape index (κ1) is 13.3. The second-order valence-electron chi connectivity index (χ2n) is 4.36. The molecule has 1 aliphatic carbocycles. The van der Waals surface area contributed by atoms with Gasteiger partial charge < -0.3 is 5.32 Å². The zero-order chi connectivity index (χ0) is 12.2. The van der Waals surface area contributed by atoms with Crippen molar-refractivity contribution in [2.45, 2.75) is 57.7 Å². The van der Waals surface area contributed by atoms with Crippen molar-refractivity contribution < 1.29 is 18.0 Å². The Balaban J connectivity index is 2.57. The van der Waals surface area contributed by atoms with Crippen molar-refractivity contribution in [3.05, 3.63) is 0 Å². The minimum Gasteiger partial charge on any atom is -0.353 e. The number of rotatable bonds is 3. The molecule has 1 saturated carbocycles. The van der Waals surface area contributed by atoms with Crippen molar-refractivity contribution in [2.75, 3.05) is 0 Å². The third kappa shape index (κ3) is 3.68. The summed E-state index contributed by atoms with van der Waals surface area (Å²) in [6.07, 6.45) is -1.27. The molecule has 1 aliphatic rings. The number of amides is 1. The number of carbonyl (C=O) groups is 1. The van der Waals surface area contributed by atoms with Crippen LogP contribution in [0.3, 0.4) is 0 Å². The lowest BCUT2D eigenvalue weighted by molar-refractivity contribution is -0.189. The van der Waals surface area contributed by atoms with Crippen molar-refractivity contribution >= 4 is 5.91 Å². The van der Waals surface area contributed by atoms with Crippen LogP contribution in [-0.4, -0.2) is 18.1 Å². The molecule has 1 N–H and O–H groups in total. The molecule has 0 aromatic heterocycles. The number of halogens is 3. The Kier molecular flexibility index (Phi) is 4.62. The summed E-state index contributed by atoms with van der Waals surface area (Å²) in [4.78, 5) is 11.3. The van der Waals surface area contributed by atoms with E-state index in [4.69, 9.17) is 0 Å². The van der Waals surface area contributed by atoms with Crippen molar-refractivity contribution in [1.82, 2.24) is 5.32 Å². The lowest BCUT2D eigenvalue weighted by Crippen LogP contribution is -2.47. The van der Waals surface area contributed by atoms with E-state index >= 15 is 0 Å². The van der Waals surface area contributed by atoms with Gasteiger partial charge in [0.15, 0.2) is 0 Å². The highest BCUT2D eigenvalue weighted by Crippen LogP contribution is 2.37. The van der Waals surface area contributed by atoms with Gasteiger partial charge in [0.25, 0.3) is 0 Å². The van der Waals surface area contributed by atoms with Gasteiger partial charge in [-0.15, -0.1) is 0 Å². The SMILES string of the molecule is CCCC(=O)NC1CCCCC1C(F)(F)F. The minimum absolute atomic E-state index is 0.139. The molecule has 0 aliphatic heterocycles. The molecule has 0 saturated heterocycles. The average Bonchev–Trinajstić information content (AvgIpc) is 2.17. The number of hydrogen-bond acceptors (Lipinski definition) is 1. The van der Waals surface area contributed by atoms with E-state index in [-0.39, 0.29) is 12.3 Å². The first-order valence-electron chi connectivity index (χ1n) is 5.81. The molecule has 2 nitrogen and oxygen atoms in total. The van der Waals surface area contributed by atoms with Crippen LogP contribution in [0.25, 0.3) is 0 Å². The first-order chi connectivity index (χ1) is 7.45. The summed E-state index contributed by atoms with van der Waals surface area (Å²) in [5.74, 6) is -1.62. The fraction of sp³-hybridized carbons (Fsp3) is 0.909. The second kappa shape index (κ2) is 5.55. The van der Waals surface area contributed by atoms with E-state index in [2.05, 4.69) is 5.32 Å². The van der Waals surface area contributed by atoms with Crippen LogP contribution < -0.4 is 5.32 Å². The van der Waals surface area contributed by atoms with E-state index < -0.39 is 18.1 Å². The molecule has 0 aromatic rings. The minimum atomic E-state index is -4.19. The summed E-state index contributed by atoms with van der Waals surface area (Å²) < 4.78 is 38.0. The summed E-state index contributed by atoms with van der Waals surface area (Å²) in [6, 6.07) is -0.715. The van der Waals surface area contributed by atoms with Crippen molar-refractivity contribution in [1.29, 1.82) is 0 Å². The maximum atomic E-state index is 12.7. The second-order valence-corrected chi connectivity index (χ2v) is 4.36. The zero-order valence-corrected chi connectivity index (χ0v) is 9.44. The lowest BCUT2D eigenvalue weighted by atomic mass is 9.84. The summed E-state index contributed by atoms with van der Waals surface area (Å²) >= 11 is 0. The third-order valence-corrected chi connectivity index (χ3v) is 3.01. The number of carbonyl (C=O) groups excluding carboxylic acids is 1. The quantitative estimate of drug-likeness (QED) is 0.803. The maximum absolute atomic E-state index is 12.7. The van der Waals surface area contributed by atoms with Crippen LogP contribution in [0.1, 0.15) is 45.4 Å². The molecule has 2 atom stereocenters. The fourth-order valence-corrected chi connectivity index (χ4v) is 2.20. The Hall–Kier alpha value is -0.740. The summed E-state index contributed by atoms with van der Waals surface area (Å²) in [5, 5.41) is 2.52. The van der Waals surface area contributed by atoms with Crippen LogP contribution in [0, 0.1) is 5.92 Å². The Morgan fingerprint density at radius 3 is 2.50 bits per heavy atom. The van der Waals surface area contributed by atoms with Gasteiger partial charge in [0.1, 0.15) is 0 Å². The predicted molar refractivity (Wildman–Crippen MR) is 54.9 cm³/mol. The van der Waals surface area contributed by atoms with Crippen molar-refractivity contribution in [2.24, 2.45) is 5.92 Å². The highest BCUT2D eigenvalue weighted by Gasteiger charge is 2.45. The van der Waals surface area contributed by atoms with E-state index in [1.165, 1.54) is 0 Å². The summed E-state index contributed by atoms with van der Waals surface area (Å²) in [7, 11) is 0. The number of alkyl halides is 3. The number of hydrogen-bond donors (Lipinski definition) is 1. The van der Waals surface area contributed by atoms with E-state index in [0.29, 0.717) is 25.7 Å². The molecule has 16 heavy (non-hydrogen) atoms. The molecular weight excluding hydrogens is 219 g/mol. The predicted octanol–water partition coefficient (Wildman–Crippen LogP) is 3.02. The van der Waals surface area contributed by atoms with Gasteiger partial charge in [-0.1, -0.05) is 19.8 Å². The molecule has 0 aromatic carbocycles. The summed E-state index contributed by atoms with van der Waals surface area (Å²) in [6.45, 7) is 1.84. The molecule has 94 valence electrons. The normalized spacial score (nSPS) is 26.5. The van der Waals surface area contributed by atoms with Crippen LogP contribution in [0.5, 0.6) is 0 Å². The number of nitrogens with one attached hydrogen (secondary N) is 1. The van der Waals surface area contributed by atoms with Gasteiger partial charge in [-0.2, -0.15) is 13.2 Å². The summed E-state index contributed by atoms with van der Waals surface area (Å²) in [5.41, 5.74) is 0. The Labute approximate surface area is 93.6 Å². The molecule has 5 heteroatoms. The van der Waals surface area contributed by atoms with Gasteiger partial charge in [0, 0.05) is 12.5 Å². The Morgan fingerprint density at radius 2 is 1.94 bits per heavy atom. The van der Waals surface area contributed by atoms with Gasteiger partial charge in [0.2, 0.25) is 5.91 Å². The molecule has 0 spiro atoms. The van der Waals surface area contributed by atoms with Crippen LogP contribution in [0.4, 0.5) is 13.2 Å². The fourth-order valence-electron chi connectivity index (χ4n) is 2.20. The monoisotopic (exact) mass is 237 g/mol. The molecule has 1 amide bonds. The Bertz CT molecular complexity index is 240. The van der Waals surface area contributed by atoms with E-state index in [1.54, 1.807) is 0 Å². The molecule has 1 rings (SSSR count). The first-order valence-corrected chi connectivity index (χ1v) is 5.81. The van der Waals surface area contributed by atoms with Gasteiger partial charge >= 0.3 is 6.18 Å². The van der Waals surface area contributed by atoms with Crippen LogP contribution in [0.2, 0.25) is 0 Å². The van der Waals surface area contributed by atoms with E-state index in [9.17, 15) is 18.0 Å². The van der Waals surface area contributed by atoms with Gasteiger partial charge in [-0.3, -0.25) is 4.79 Å². The molecule has 0 radical (unpaired) electrons. The average molecular weight is 237 g/mol. The van der Waals surface area contributed by atoms with Crippen LogP contribution in [-0.2, 0) is 4.79 Å². The Morgan fingerprint density at radius 1 is 1.31 bits per heavy atom. The van der Waals surface area contributed by atoms with Crippen molar-refractivity contribution in [3.63, 3.8) is 0 Å². The van der Waals surface area contributed by atoms with E-state index in [1.807, 2.05) is 6.92 Å². The largest absolute Gasteiger partial charge is 0.393 e. The molecular formula is C11H18F3NO.